The van der Waals surface area contributed by atoms with E-state index in [2.05, 4.69) is 10.2 Å². The van der Waals surface area contributed by atoms with Gasteiger partial charge in [0.25, 0.3) is 0 Å². The second-order valence-electron chi connectivity index (χ2n) is 5.65. The summed E-state index contributed by atoms with van der Waals surface area (Å²) in [5, 5.41) is 2.89. The smallest absolute Gasteiger partial charge is 0.238 e. The zero-order valence-electron chi connectivity index (χ0n) is 12.1. The molecular weight excluding hydrogens is 293 g/mol. The molecule has 1 saturated heterocycles. The highest BCUT2D eigenvalue weighted by atomic mass is 35.5. The second kappa shape index (κ2) is 7.20. The quantitative estimate of drug-likeness (QED) is 0.898. The third-order valence-electron chi connectivity index (χ3n) is 3.95. The van der Waals surface area contributed by atoms with Gasteiger partial charge >= 0.3 is 0 Å². The van der Waals surface area contributed by atoms with E-state index < -0.39 is 5.82 Å². The second-order valence-corrected chi connectivity index (χ2v) is 6.08. The minimum atomic E-state index is -0.522. The van der Waals surface area contributed by atoms with E-state index >= 15 is 0 Å². The number of hydrogen-bond acceptors (Lipinski definition) is 3. The molecule has 4 nitrogen and oxygen atoms in total. The van der Waals surface area contributed by atoms with E-state index in [4.69, 9.17) is 17.3 Å². The van der Waals surface area contributed by atoms with Crippen LogP contribution in [-0.4, -0.2) is 36.5 Å². The van der Waals surface area contributed by atoms with Gasteiger partial charge in [0.2, 0.25) is 5.91 Å². The molecule has 1 heterocycles. The molecule has 1 amide bonds. The van der Waals surface area contributed by atoms with Crippen molar-refractivity contribution >= 4 is 23.2 Å². The molecule has 1 unspecified atom stereocenters. The SMILES string of the molecule is CC(N)C1CCN(CC(=O)Nc2ccc(Cl)cc2F)CC1. The molecule has 0 saturated carbocycles. The monoisotopic (exact) mass is 313 g/mol. The predicted molar refractivity (Wildman–Crippen MR) is 82.9 cm³/mol. The van der Waals surface area contributed by atoms with Gasteiger partial charge in [-0.2, -0.15) is 0 Å². The van der Waals surface area contributed by atoms with E-state index in [1.165, 1.54) is 12.1 Å². The number of piperidine rings is 1. The predicted octanol–water partition coefficient (Wildman–Crippen LogP) is 2.48. The molecule has 0 aromatic heterocycles. The third-order valence-corrected chi connectivity index (χ3v) is 4.18. The number of carbonyl (C=O) groups is 1. The minimum Gasteiger partial charge on any atom is -0.328 e. The van der Waals surface area contributed by atoms with Crippen molar-refractivity contribution in [3.8, 4) is 0 Å². The van der Waals surface area contributed by atoms with Crippen LogP contribution in [-0.2, 0) is 4.79 Å². The summed E-state index contributed by atoms with van der Waals surface area (Å²) in [5.74, 6) is -0.208. The Balaban J connectivity index is 1.83. The van der Waals surface area contributed by atoms with Gasteiger partial charge in [0.05, 0.1) is 12.2 Å². The Hall–Kier alpha value is -1.17. The largest absolute Gasteiger partial charge is 0.328 e. The fourth-order valence-corrected chi connectivity index (χ4v) is 2.78. The van der Waals surface area contributed by atoms with Gasteiger partial charge in [0.15, 0.2) is 0 Å². The van der Waals surface area contributed by atoms with Crippen molar-refractivity contribution in [3.05, 3.63) is 29.0 Å². The van der Waals surface area contributed by atoms with Crippen molar-refractivity contribution in [1.29, 1.82) is 0 Å². The number of nitrogens with zero attached hydrogens (tertiary/aromatic N) is 1. The first-order valence-electron chi connectivity index (χ1n) is 7.18. The average Bonchev–Trinajstić information content (AvgIpc) is 2.42. The number of nitrogens with two attached hydrogens (primary N) is 1. The summed E-state index contributed by atoms with van der Waals surface area (Å²) in [7, 11) is 0. The van der Waals surface area contributed by atoms with Crippen LogP contribution in [0, 0.1) is 11.7 Å². The Kier molecular flexibility index (Phi) is 5.56. The normalized spacial score (nSPS) is 18.5. The summed E-state index contributed by atoms with van der Waals surface area (Å²) in [6.45, 7) is 4.00. The lowest BCUT2D eigenvalue weighted by Gasteiger charge is -2.33. The molecular formula is C15H21ClFN3O. The maximum absolute atomic E-state index is 13.6. The number of nitrogens with one attached hydrogen (secondary N) is 1. The summed E-state index contributed by atoms with van der Waals surface area (Å²) in [4.78, 5) is 14.0. The maximum atomic E-state index is 13.6. The standard InChI is InChI=1S/C15H21ClFN3O/c1-10(18)11-4-6-20(7-5-11)9-15(21)19-14-3-2-12(16)8-13(14)17/h2-3,8,10-11H,4-7,9,18H2,1H3,(H,19,21). The molecule has 1 aromatic rings. The molecule has 0 radical (unpaired) electrons. The fourth-order valence-electron chi connectivity index (χ4n) is 2.62. The molecule has 21 heavy (non-hydrogen) atoms. The zero-order valence-corrected chi connectivity index (χ0v) is 12.9. The van der Waals surface area contributed by atoms with Crippen LogP contribution in [0.2, 0.25) is 5.02 Å². The number of benzene rings is 1. The van der Waals surface area contributed by atoms with Gasteiger partial charge in [0.1, 0.15) is 5.82 Å². The summed E-state index contributed by atoms with van der Waals surface area (Å²) < 4.78 is 13.6. The van der Waals surface area contributed by atoms with Crippen LogP contribution in [0.1, 0.15) is 19.8 Å². The first-order valence-corrected chi connectivity index (χ1v) is 7.56. The number of carbonyl (C=O) groups excluding carboxylic acids is 1. The van der Waals surface area contributed by atoms with Crippen molar-refractivity contribution in [2.75, 3.05) is 25.0 Å². The number of likely N-dealkylation sites (tertiary alicyclic amines) is 1. The van der Waals surface area contributed by atoms with Crippen molar-refractivity contribution in [2.45, 2.75) is 25.8 Å². The van der Waals surface area contributed by atoms with Gasteiger partial charge in [-0.3, -0.25) is 9.69 Å². The Bertz CT molecular complexity index is 502. The minimum absolute atomic E-state index is 0.162. The fraction of sp³-hybridized carbons (Fsp3) is 0.533. The summed E-state index contributed by atoms with van der Waals surface area (Å²) in [6, 6.07) is 4.40. The highest BCUT2D eigenvalue weighted by Gasteiger charge is 2.23. The molecule has 1 aromatic carbocycles. The summed E-state index contributed by atoms with van der Waals surface area (Å²) in [6.07, 6.45) is 2.00. The molecule has 1 atom stereocenters. The van der Waals surface area contributed by atoms with E-state index in [1.807, 2.05) is 6.92 Å². The van der Waals surface area contributed by atoms with Crippen molar-refractivity contribution in [1.82, 2.24) is 4.90 Å². The Labute approximate surface area is 129 Å². The molecule has 0 bridgehead atoms. The lowest BCUT2D eigenvalue weighted by atomic mass is 9.91. The first-order chi connectivity index (χ1) is 9.95. The van der Waals surface area contributed by atoms with Crippen LogP contribution < -0.4 is 11.1 Å². The van der Waals surface area contributed by atoms with Crippen LogP contribution in [0.25, 0.3) is 0 Å². The highest BCUT2D eigenvalue weighted by molar-refractivity contribution is 6.30. The van der Waals surface area contributed by atoms with Crippen LogP contribution in [0.15, 0.2) is 18.2 Å². The number of rotatable bonds is 4. The topological polar surface area (TPSA) is 58.4 Å². The maximum Gasteiger partial charge on any atom is 0.238 e. The first kappa shape index (κ1) is 16.2. The Morgan fingerprint density at radius 2 is 2.19 bits per heavy atom. The molecule has 6 heteroatoms. The lowest BCUT2D eigenvalue weighted by molar-refractivity contribution is -0.117. The molecule has 2 rings (SSSR count). The van der Waals surface area contributed by atoms with Crippen LogP contribution >= 0.6 is 11.6 Å². The van der Waals surface area contributed by atoms with Gasteiger partial charge in [-0.1, -0.05) is 11.6 Å². The molecule has 1 aliphatic rings. The number of halogens is 2. The van der Waals surface area contributed by atoms with E-state index in [1.54, 1.807) is 6.07 Å². The van der Waals surface area contributed by atoms with Crippen molar-refractivity contribution in [3.63, 3.8) is 0 Å². The van der Waals surface area contributed by atoms with E-state index in [9.17, 15) is 9.18 Å². The number of hydrogen-bond donors (Lipinski definition) is 2. The molecule has 116 valence electrons. The molecule has 0 aliphatic carbocycles. The van der Waals surface area contributed by atoms with Gasteiger partial charge in [0, 0.05) is 11.1 Å². The molecule has 0 spiro atoms. The average molecular weight is 314 g/mol. The zero-order chi connectivity index (χ0) is 15.4. The highest BCUT2D eigenvalue weighted by Crippen LogP contribution is 2.21. The Morgan fingerprint density at radius 3 is 2.76 bits per heavy atom. The van der Waals surface area contributed by atoms with E-state index in [-0.39, 0.29) is 24.2 Å². The van der Waals surface area contributed by atoms with Crippen LogP contribution in [0.3, 0.4) is 0 Å². The van der Waals surface area contributed by atoms with E-state index in [0.717, 1.165) is 25.9 Å². The molecule has 1 aliphatic heterocycles. The van der Waals surface area contributed by atoms with Gasteiger partial charge in [-0.15, -0.1) is 0 Å². The molecule has 1 fully saturated rings. The van der Waals surface area contributed by atoms with Crippen molar-refractivity contribution < 1.29 is 9.18 Å². The number of amides is 1. The van der Waals surface area contributed by atoms with E-state index in [0.29, 0.717) is 10.9 Å². The van der Waals surface area contributed by atoms with Crippen LogP contribution in [0.4, 0.5) is 10.1 Å². The van der Waals surface area contributed by atoms with Crippen LogP contribution in [0.5, 0.6) is 0 Å². The van der Waals surface area contributed by atoms with Gasteiger partial charge < -0.3 is 11.1 Å². The number of anilines is 1. The Morgan fingerprint density at radius 1 is 1.52 bits per heavy atom. The molecule has 3 N–H and O–H groups in total. The summed E-state index contributed by atoms with van der Waals surface area (Å²) >= 11 is 5.68. The van der Waals surface area contributed by atoms with Gasteiger partial charge in [-0.05, 0) is 57.0 Å². The van der Waals surface area contributed by atoms with Gasteiger partial charge in [-0.25, -0.2) is 4.39 Å². The third kappa shape index (κ3) is 4.66. The van der Waals surface area contributed by atoms with Crippen molar-refractivity contribution in [2.24, 2.45) is 11.7 Å². The lowest BCUT2D eigenvalue weighted by Crippen LogP contribution is -2.42. The summed E-state index contributed by atoms with van der Waals surface area (Å²) in [5.41, 5.74) is 6.06.